The van der Waals surface area contributed by atoms with Crippen LogP contribution in [0.4, 0.5) is 5.69 Å². The molecule has 0 unspecified atom stereocenters. The molecule has 1 fully saturated rings. The van der Waals surface area contributed by atoms with Crippen molar-refractivity contribution >= 4 is 11.5 Å². The first-order valence-corrected chi connectivity index (χ1v) is 10.8. The average Bonchev–Trinajstić information content (AvgIpc) is 2.74. The number of hydrogen-bond acceptors (Lipinski definition) is 3. The molecule has 2 aromatic rings. The number of carbonyl (C=O) groups is 1. The molecule has 0 atom stereocenters. The lowest BCUT2D eigenvalue weighted by Crippen LogP contribution is -2.32. The molecule has 0 amide bonds. The predicted molar refractivity (Wildman–Crippen MR) is 117 cm³/mol. The van der Waals surface area contributed by atoms with Crippen LogP contribution in [0.25, 0.3) is 0 Å². The van der Waals surface area contributed by atoms with Crippen LogP contribution < -0.4 is 9.64 Å². The Hall–Kier alpha value is -2.29. The summed E-state index contributed by atoms with van der Waals surface area (Å²) in [6.07, 6.45) is 7.27. The molecular formula is C25H33NO2. The van der Waals surface area contributed by atoms with Gasteiger partial charge in [-0.25, -0.2) is 0 Å². The summed E-state index contributed by atoms with van der Waals surface area (Å²) in [4.78, 5) is 13.9. The molecule has 2 aromatic carbocycles. The fraction of sp³-hybridized carbons (Fsp3) is 0.480. The normalized spacial score (nSPS) is 14.9. The molecule has 0 aliphatic carbocycles. The fourth-order valence-corrected chi connectivity index (χ4v) is 3.93. The lowest BCUT2D eigenvalue weighted by Gasteiger charge is -2.34. The largest absolute Gasteiger partial charge is 0.494 e. The molecule has 3 heteroatoms. The van der Waals surface area contributed by atoms with Crippen LogP contribution >= 0.6 is 0 Å². The summed E-state index contributed by atoms with van der Waals surface area (Å²) in [7, 11) is 0. The quantitative estimate of drug-likeness (QED) is 0.382. The van der Waals surface area contributed by atoms with Gasteiger partial charge >= 0.3 is 0 Å². The van der Waals surface area contributed by atoms with Crippen LogP contribution in [-0.4, -0.2) is 25.5 Å². The van der Waals surface area contributed by atoms with Gasteiger partial charge in [0.1, 0.15) is 5.75 Å². The molecule has 1 heterocycles. The number of ketones is 1. The second kappa shape index (κ2) is 10.3. The molecule has 1 saturated heterocycles. The van der Waals surface area contributed by atoms with Gasteiger partial charge in [0, 0.05) is 24.3 Å². The van der Waals surface area contributed by atoms with Gasteiger partial charge in [-0.05, 0) is 74.1 Å². The van der Waals surface area contributed by atoms with E-state index in [-0.39, 0.29) is 5.78 Å². The molecule has 0 saturated carbocycles. The summed E-state index contributed by atoms with van der Waals surface area (Å²) in [5, 5.41) is 0. The third-order valence-corrected chi connectivity index (χ3v) is 5.75. The average molecular weight is 380 g/mol. The van der Waals surface area contributed by atoms with Gasteiger partial charge in [-0.1, -0.05) is 38.3 Å². The van der Waals surface area contributed by atoms with Crippen molar-refractivity contribution < 1.29 is 9.53 Å². The van der Waals surface area contributed by atoms with Gasteiger partial charge in [0.2, 0.25) is 0 Å². The smallest absolute Gasteiger partial charge is 0.159 e. The Kier molecular flexibility index (Phi) is 7.53. The van der Waals surface area contributed by atoms with Crippen LogP contribution in [0, 0.1) is 0 Å². The number of hydrogen-bond donors (Lipinski definition) is 0. The molecule has 0 bridgehead atoms. The first-order chi connectivity index (χ1) is 13.7. The van der Waals surface area contributed by atoms with Crippen LogP contribution in [0.2, 0.25) is 0 Å². The number of rotatable bonds is 9. The van der Waals surface area contributed by atoms with Crippen LogP contribution in [0.5, 0.6) is 5.75 Å². The second-order valence-electron chi connectivity index (χ2n) is 7.84. The first kappa shape index (κ1) is 20.4. The SMILES string of the molecule is CCCCCCOc1ccc(C2CCN(c3ccc(C(C)=O)cc3)CC2)cc1. The highest BCUT2D eigenvalue weighted by molar-refractivity contribution is 5.94. The highest BCUT2D eigenvalue weighted by Gasteiger charge is 2.21. The van der Waals surface area contributed by atoms with E-state index in [0.29, 0.717) is 5.92 Å². The van der Waals surface area contributed by atoms with Gasteiger partial charge in [0.25, 0.3) is 0 Å². The van der Waals surface area contributed by atoms with Crippen molar-refractivity contribution in [2.24, 2.45) is 0 Å². The fourth-order valence-electron chi connectivity index (χ4n) is 3.93. The third-order valence-electron chi connectivity index (χ3n) is 5.75. The van der Waals surface area contributed by atoms with Crippen molar-refractivity contribution in [1.82, 2.24) is 0 Å². The van der Waals surface area contributed by atoms with Crippen LogP contribution in [0.1, 0.15) is 74.2 Å². The summed E-state index contributed by atoms with van der Waals surface area (Å²) in [5.41, 5.74) is 3.42. The Bertz CT molecular complexity index is 728. The van der Waals surface area contributed by atoms with E-state index >= 15 is 0 Å². The molecule has 28 heavy (non-hydrogen) atoms. The summed E-state index contributed by atoms with van der Waals surface area (Å²) in [6.45, 7) is 6.78. The summed E-state index contributed by atoms with van der Waals surface area (Å²) >= 11 is 0. The predicted octanol–water partition coefficient (Wildman–Crippen LogP) is 6.23. The number of anilines is 1. The zero-order valence-corrected chi connectivity index (χ0v) is 17.3. The van der Waals surface area contributed by atoms with E-state index < -0.39 is 0 Å². The van der Waals surface area contributed by atoms with Crippen LogP contribution in [0.15, 0.2) is 48.5 Å². The number of ether oxygens (including phenoxy) is 1. The lowest BCUT2D eigenvalue weighted by molar-refractivity contribution is 0.101. The molecular weight excluding hydrogens is 346 g/mol. The maximum atomic E-state index is 11.4. The van der Waals surface area contributed by atoms with Crippen molar-refractivity contribution in [3.8, 4) is 5.75 Å². The first-order valence-electron chi connectivity index (χ1n) is 10.8. The van der Waals surface area contributed by atoms with Crippen molar-refractivity contribution in [1.29, 1.82) is 0 Å². The minimum Gasteiger partial charge on any atom is -0.494 e. The third kappa shape index (κ3) is 5.60. The van der Waals surface area contributed by atoms with Crippen molar-refractivity contribution in [3.63, 3.8) is 0 Å². The topological polar surface area (TPSA) is 29.5 Å². The Morgan fingerprint density at radius 3 is 2.25 bits per heavy atom. The zero-order chi connectivity index (χ0) is 19.8. The molecule has 0 spiro atoms. The summed E-state index contributed by atoms with van der Waals surface area (Å²) in [6, 6.07) is 16.7. The summed E-state index contributed by atoms with van der Waals surface area (Å²) < 4.78 is 5.86. The number of benzene rings is 2. The highest BCUT2D eigenvalue weighted by Crippen LogP contribution is 2.31. The minimum atomic E-state index is 0.124. The number of Topliss-reactive ketones (excluding diaryl/α,β-unsaturated/α-hetero) is 1. The van der Waals surface area contributed by atoms with Crippen molar-refractivity contribution in [2.75, 3.05) is 24.6 Å². The molecule has 1 aliphatic heterocycles. The van der Waals surface area contributed by atoms with Crippen molar-refractivity contribution in [3.05, 3.63) is 59.7 Å². The Labute approximate surface area is 169 Å². The van der Waals surface area contributed by atoms with Gasteiger partial charge in [-0.2, -0.15) is 0 Å². The monoisotopic (exact) mass is 379 g/mol. The number of piperidine rings is 1. The Morgan fingerprint density at radius 2 is 1.64 bits per heavy atom. The van der Waals surface area contributed by atoms with Crippen molar-refractivity contribution in [2.45, 2.75) is 58.3 Å². The highest BCUT2D eigenvalue weighted by atomic mass is 16.5. The van der Waals surface area contributed by atoms with Gasteiger partial charge < -0.3 is 9.64 Å². The molecule has 0 aromatic heterocycles. The second-order valence-corrected chi connectivity index (χ2v) is 7.84. The lowest BCUT2D eigenvalue weighted by atomic mass is 9.89. The number of unbranched alkanes of at least 4 members (excludes halogenated alkanes) is 3. The van der Waals surface area contributed by atoms with E-state index in [1.807, 2.05) is 12.1 Å². The van der Waals surface area contributed by atoms with Crippen LogP contribution in [0.3, 0.4) is 0 Å². The molecule has 150 valence electrons. The Balaban J connectivity index is 1.47. The minimum absolute atomic E-state index is 0.124. The standard InChI is InChI=1S/C25H33NO2/c1-3-4-5-6-19-28-25-13-9-22(10-14-25)23-15-17-26(18-16-23)24-11-7-21(8-12-24)20(2)27/h7-14,23H,3-6,15-19H2,1-2H3. The van der Waals surface area contributed by atoms with Gasteiger partial charge in [-0.3, -0.25) is 4.79 Å². The van der Waals surface area contributed by atoms with Gasteiger partial charge in [-0.15, -0.1) is 0 Å². The maximum Gasteiger partial charge on any atom is 0.159 e. The van der Waals surface area contributed by atoms with E-state index in [2.05, 4.69) is 48.2 Å². The number of nitrogens with zero attached hydrogens (tertiary/aromatic N) is 1. The molecule has 3 nitrogen and oxygen atoms in total. The Morgan fingerprint density at radius 1 is 0.964 bits per heavy atom. The van der Waals surface area contributed by atoms with Crippen LogP contribution in [-0.2, 0) is 0 Å². The summed E-state index contributed by atoms with van der Waals surface area (Å²) in [5.74, 6) is 1.73. The molecule has 1 aliphatic rings. The molecule has 0 N–H and O–H groups in total. The molecule has 3 rings (SSSR count). The van der Waals surface area contributed by atoms with E-state index in [0.717, 1.165) is 50.3 Å². The van der Waals surface area contributed by atoms with E-state index in [9.17, 15) is 4.79 Å². The van der Waals surface area contributed by atoms with Gasteiger partial charge in [0.15, 0.2) is 5.78 Å². The van der Waals surface area contributed by atoms with E-state index in [1.54, 1.807) is 6.92 Å². The zero-order valence-electron chi connectivity index (χ0n) is 17.3. The van der Waals surface area contributed by atoms with Gasteiger partial charge in [0.05, 0.1) is 6.61 Å². The van der Waals surface area contributed by atoms with E-state index in [1.165, 1.54) is 30.5 Å². The molecule has 0 radical (unpaired) electrons. The number of carbonyl (C=O) groups excluding carboxylic acids is 1. The maximum absolute atomic E-state index is 11.4. The van der Waals surface area contributed by atoms with E-state index in [4.69, 9.17) is 4.74 Å².